The predicted molar refractivity (Wildman–Crippen MR) is 152 cm³/mol. The molecule has 0 saturated carbocycles. The van der Waals surface area contributed by atoms with Crippen LogP contribution in [0.3, 0.4) is 0 Å². The first kappa shape index (κ1) is 30.3. The number of nitrogens with one attached hydrogen (secondary N) is 4. The Bertz CT molecular complexity index is 1070. The highest BCUT2D eigenvalue weighted by Gasteiger charge is 2.33. The normalized spacial score (nSPS) is 30.9. The zero-order valence-electron chi connectivity index (χ0n) is 24.1. The molecule has 0 aliphatic carbocycles. The van der Waals surface area contributed by atoms with E-state index in [0.717, 1.165) is 24.0 Å². The maximum absolute atomic E-state index is 13.2. The number of nitrogens with zero attached hydrogens (tertiary/aromatic N) is 1. The Balaban J connectivity index is 1.85. The number of hydrogen-bond acceptors (Lipinski definition) is 5. The van der Waals surface area contributed by atoms with Crippen molar-refractivity contribution in [1.82, 2.24) is 26.4 Å². The fourth-order valence-electron chi connectivity index (χ4n) is 4.97. The number of hydrazine groups is 1. The first-order valence-electron chi connectivity index (χ1n) is 14.2. The van der Waals surface area contributed by atoms with Crippen molar-refractivity contribution in [2.45, 2.75) is 91.4 Å². The molecule has 2 heterocycles. The summed E-state index contributed by atoms with van der Waals surface area (Å²) in [4.78, 5) is 52.5. The van der Waals surface area contributed by atoms with Crippen LogP contribution in [0, 0.1) is 17.8 Å². The molecule has 39 heavy (non-hydrogen) atoms. The number of rotatable bonds is 1. The molecule has 214 valence electrons. The smallest absolute Gasteiger partial charge is 0.258 e. The van der Waals surface area contributed by atoms with Gasteiger partial charge in [0.1, 0.15) is 18.1 Å². The Morgan fingerprint density at radius 2 is 1.59 bits per heavy atom. The second-order valence-corrected chi connectivity index (χ2v) is 11.4. The van der Waals surface area contributed by atoms with Crippen molar-refractivity contribution in [3.8, 4) is 0 Å². The molecule has 1 fully saturated rings. The number of hydrogen-bond donors (Lipinski definition) is 4. The van der Waals surface area contributed by atoms with Crippen molar-refractivity contribution >= 4 is 29.7 Å². The number of carbonyl (C=O) groups excluding carboxylic acids is 4. The van der Waals surface area contributed by atoms with Crippen LogP contribution in [0.5, 0.6) is 0 Å². The van der Waals surface area contributed by atoms with Crippen molar-refractivity contribution in [3.05, 3.63) is 41.5 Å². The average Bonchev–Trinajstić information content (AvgIpc) is 2.92. The fraction of sp³-hybridized carbons (Fsp3) is 0.600. The molecule has 4 bridgehead atoms. The van der Waals surface area contributed by atoms with E-state index in [-0.39, 0.29) is 41.5 Å². The maximum atomic E-state index is 13.2. The topological polar surface area (TPSA) is 120 Å². The van der Waals surface area contributed by atoms with Crippen LogP contribution in [0.15, 0.2) is 30.3 Å². The largest absolute Gasteiger partial charge is 0.348 e. The summed E-state index contributed by atoms with van der Waals surface area (Å²) >= 11 is 0. The highest BCUT2D eigenvalue weighted by atomic mass is 16.2. The third-order valence-electron chi connectivity index (χ3n) is 7.88. The van der Waals surface area contributed by atoms with Crippen LogP contribution in [0.25, 0.3) is 6.08 Å². The van der Waals surface area contributed by atoms with Crippen LogP contribution in [0.4, 0.5) is 0 Å². The molecule has 6 atom stereocenters. The first-order valence-corrected chi connectivity index (χ1v) is 14.2. The van der Waals surface area contributed by atoms with E-state index < -0.39 is 24.0 Å². The van der Waals surface area contributed by atoms with Gasteiger partial charge in [-0.1, -0.05) is 58.0 Å². The van der Waals surface area contributed by atoms with Crippen LogP contribution < -0.4 is 21.4 Å². The Morgan fingerprint density at radius 1 is 0.872 bits per heavy atom. The summed E-state index contributed by atoms with van der Waals surface area (Å²) in [6.45, 7) is 11.7. The summed E-state index contributed by atoms with van der Waals surface area (Å²) in [6, 6.07) is 5.70. The fourth-order valence-corrected chi connectivity index (χ4v) is 4.97. The zero-order chi connectivity index (χ0) is 28.7. The van der Waals surface area contributed by atoms with Crippen molar-refractivity contribution in [3.63, 3.8) is 0 Å². The highest BCUT2D eigenvalue weighted by molar-refractivity contribution is 5.92. The van der Waals surface area contributed by atoms with Crippen LogP contribution in [0.2, 0.25) is 0 Å². The van der Waals surface area contributed by atoms with Crippen molar-refractivity contribution in [1.29, 1.82) is 0 Å². The number of allylic oxidation sites excluding steroid dienone is 1. The Hall–Kier alpha value is -3.20. The molecular formula is C30H45N5O4. The second-order valence-electron chi connectivity index (χ2n) is 11.4. The highest BCUT2D eigenvalue weighted by Crippen LogP contribution is 2.20. The summed E-state index contributed by atoms with van der Waals surface area (Å²) in [6.07, 6.45) is 7.07. The van der Waals surface area contributed by atoms with Gasteiger partial charge in [0, 0.05) is 12.5 Å². The second kappa shape index (κ2) is 13.7. The molecule has 9 nitrogen and oxygen atoms in total. The van der Waals surface area contributed by atoms with Crippen LogP contribution >= 0.6 is 0 Å². The van der Waals surface area contributed by atoms with Crippen LogP contribution in [0.1, 0.15) is 84.4 Å². The Labute approximate surface area is 232 Å². The number of amides is 4. The van der Waals surface area contributed by atoms with E-state index in [9.17, 15) is 19.2 Å². The van der Waals surface area contributed by atoms with E-state index in [1.807, 2.05) is 52.8 Å². The lowest BCUT2D eigenvalue weighted by Crippen LogP contribution is -2.62. The van der Waals surface area contributed by atoms with E-state index in [1.54, 1.807) is 6.92 Å². The monoisotopic (exact) mass is 539 g/mol. The van der Waals surface area contributed by atoms with Gasteiger partial charge in [0.05, 0.1) is 6.04 Å². The minimum Gasteiger partial charge on any atom is -0.348 e. The molecule has 2 aliphatic rings. The molecule has 3 rings (SSSR count). The van der Waals surface area contributed by atoms with Gasteiger partial charge in [-0.25, -0.2) is 5.43 Å². The SMILES string of the molecule is CC(C)[C@@H]1NC(=O)[C@H](C)C(C)CC/C=C/c2cccc(c2)[C@@H](C)NC(=O)[C@@H]2CCCN(N2)C(=O)[C@H](C)NC1=O. The molecule has 1 unspecified atom stereocenters. The molecule has 4 amide bonds. The van der Waals surface area contributed by atoms with Crippen LogP contribution in [-0.4, -0.2) is 53.3 Å². The molecule has 9 heteroatoms. The summed E-state index contributed by atoms with van der Waals surface area (Å²) in [5, 5.41) is 10.2. The van der Waals surface area contributed by atoms with Crippen LogP contribution in [-0.2, 0) is 19.2 Å². The summed E-state index contributed by atoms with van der Waals surface area (Å²) < 4.78 is 0. The predicted octanol–water partition coefficient (Wildman–Crippen LogP) is 3.08. The van der Waals surface area contributed by atoms with Gasteiger partial charge >= 0.3 is 0 Å². The lowest BCUT2D eigenvalue weighted by atomic mass is 9.90. The molecule has 0 aromatic heterocycles. The maximum Gasteiger partial charge on any atom is 0.258 e. The third kappa shape index (κ3) is 8.14. The molecule has 2 aliphatic heterocycles. The number of carbonyl (C=O) groups is 4. The van der Waals surface area contributed by atoms with Gasteiger partial charge in [0.15, 0.2) is 0 Å². The standard InChI is InChI=1S/C30H45N5O4/c1-18(2)26-29(38)32-22(6)30(39)35-16-10-15-25(34-35)28(37)31-21(5)24-14-9-13-23(17-24)12-8-7-11-19(3)20(4)27(36)33-26/h8-9,12-14,17-22,25-26,34H,7,10-11,15-16H2,1-6H3,(H,31,37)(H,32,38)(H,33,36)/b12-8+/t19?,20-,21-,22+,25+,26+/m1/s1. The van der Waals surface area contributed by atoms with Gasteiger partial charge < -0.3 is 16.0 Å². The third-order valence-corrected chi connectivity index (χ3v) is 7.88. The van der Waals surface area contributed by atoms with E-state index in [1.165, 1.54) is 5.01 Å². The minimum atomic E-state index is -0.826. The van der Waals surface area contributed by atoms with Crippen molar-refractivity contribution in [2.24, 2.45) is 17.8 Å². The number of benzene rings is 1. The van der Waals surface area contributed by atoms with Gasteiger partial charge in [0.2, 0.25) is 17.7 Å². The van der Waals surface area contributed by atoms with Gasteiger partial charge in [-0.15, -0.1) is 0 Å². The minimum absolute atomic E-state index is 0.114. The van der Waals surface area contributed by atoms with E-state index in [4.69, 9.17) is 0 Å². The van der Waals surface area contributed by atoms with Crippen molar-refractivity contribution < 1.29 is 19.2 Å². The summed E-state index contributed by atoms with van der Waals surface area (Å²) in [5.41, 5.74) is 5.09. The van der Waals surface area contributed by atoms with E-state index >= 15 is 0 Å². The number of fused-ring (bicyclic) bond motifs is 4. The first-order chi connectivity index (χ1) is 18.5. The Morgan fingerprint density at radius 3 is 2.31 bits per heavy atom. The molecule has 1 aromatic rings. The van der Waals surface area contributed by atoms with Gasteiger partial charge in [-0.3, -0.25) is 24.2 Å². The van der Waals surface area contributed by atoms with Gasteiger partial charge in [-0.05, 0) is 68.6 Å². The van der Waals surface area contributed by atoms with Crippen molar-refractivity contribution in [2.75, 3.05) is 6.54 Å². The summed E-state index contributed by atoms with van der Waals surface area (Å²) in [7, 11) is 0. The summed E-state index contributed by atoms with van der Waals surface area (Å²) in [5.74, 6) is -1.39. The van der Waals surface area contributed by atoms with E-state index in [0.29, 0.717) is 19.4 Å². The lowest BCUT2D eigenvalue weighted by Gasteiger charge is -2.35. The Kier molecular flexibility index (Phi) is 10.7. The van der Waals surface area contributed by atoms with Gasteiger partial charge in [-0.2, -0.15) is 0 Å². The van der Waals surface area contributed by atoms with Gasteiger partial charge in [0.25, 0.3) is 5.91 Å². The molecule has 0 radical (unpaired) electrons. The average molecular weight is 540 g/mol. The lowest BCUT2D eigenvalue weighted by molar-refractivity contribution is -0.143. The molecular weight excluding hydrogens is 494 g/mol. The molecule has 0 spiro atoms. The molecule has 1 saturated heterocycles. The zero-order valence-corrected chi connectivity index (χ0v) is 24.1. The van der Waals surface area contributed by atoms with E-state index in [2.05, 4.69) is 39.6 Å². The quantitative estimate of drug-likeness (QED) is 0.437. The molecule has 1 aromatic carbocycles. The molecule has 4 N–H and O–H groups in total.